The Hall–Kier alpha value is -3.09. The van der Waals surface area contributed by atoms with Crippen molar-refractivity contribution < 1.29 is 14.3 Å². The maximum absolute atomic E-state index is 13.0. The Morgan fingerprint density at radius 3 is 2.50 bits per heavy atom. The fourth-order valence-electron chi connectivity index (χ4n) is 3.96. The number of anilines is 2. The van der Waals surface area contributed by atoms with E-state index in [4.69, 9.17) is 4.74 Å². The number of benzene rings is 1. The van der Waals surface area contributed by atoms with E-state index in [2.05, 4.69) is 9.88 Å². The standard InChI is InChI=1S/C21H24N4O3/c1-28-19-5-3-2-4-18(19)25-15-16(14-20(25)26)21(27)24-12-10-23(11-13-24)17-6-8-22-9-7-17/h2-9,16H,10-15H2,1H3. The lowest BCUT2D eigenvalue weighted by Crippen LogP contribution is -2.50. The summed E-state index contributed by atoms with van der Waals surface area (Å²) in [4.78, 5) is 35.4. The van der Waals surface area contributed by atoms with E-state index in [1.807, 2.05) is 41.3 Å². The summed E-state index contributed by atoms with van der Waals surface area (Å²) >= 11 is 0. The molecule has 0 N–H and O–H groups in total. The second-order valence-corrected chi connectivity index (χ2v) is 7.09. The first-order valence-electron chi connectivity index (χ1n) is 9.54. The van der Waals surface area contributed by atoms with Gasteiger partial charge in [0.1, 0.15) is 5.75 Å². The predicted octanol–water partition coefficient (Wildman–Crippen LogP) is 1.79. The molecule has 0 spiro atoms. The number of pyridine rings is 1. The van der Waals surface area contributed by atoms with E-state index in [0.717, 1.165) is 24.5 Å². The molecule has 1 aromatic carbocycles. The number of nitrogens with zero attached hydrogens (tertiary/aromatic N) is 4. The van der Waals surface area contributed by atoms with Crippen LogP contribution in [0.3, 0.4) is 0 Å². The zero-order chi connectivity index (χ0) is 19.5. The third kappa shape index (κ3) is 3.52. The van der Waals surface area contributed by atoms with Gasteiger partial charge in [0.05, 0.1) is 18.7 Å². The lowest BCUT2D eigenvalue weighted by Gasteiger charge is -2.37. The van der Waals surface area contributed by atoms with Gasteiger partial charge in [0.2, 0.25) is 11.8 Å². The van der Waals surface area contributed by atoms with Crippen molar-refractivity contribution in [3.8, 4) is 5.75 Å². The normalized spacial score (nSPS) is 19.8. The number of ether oxygens (including phenoxy) is 1. The highest BCUT2D eigenvalue weighted by Gasteiger charge is 2.38. The minimum absolute atomic E-state index is 0.0294. The van der Waals surface area contributed by atoms with Crippen LogP contribution in [0.5, 0.6) is 5.75 Å². The minimum atomic E-state index is -0.301. The highest BCUT2D eigenvalue weighted by Crippen LogP contribution is 2.33. The molecule has 7 nitrogen and oxygen atoms in total. The van der Waals surface area contributed by atoms with Gasteiger partial charge in [-0.05, 0) is 24.3 Å². The molecular weight excluding hydrogens is 356 g/mol. The van der Waals surface area contributed by atoms with Gasteiger partial charge in [-0.3, -0.25) is 14.6 Å². The van der Waals surface area contributed by atoms with Crippen molar-refractivity contribution in [3.63, 3.8) is 0 Å². The van der Waals surface area contributed by atoms with Gasteiger partial charge >= 0.3 is 0 Å². The summed E-state index contributed by atoms with van der Waals surface area (Å²) in [6.45, 7) is 3.31. The number of carbonyl (C=O) groups excluding carboxylic acids is 2. The molecule has 0 bridgehead atoms. The highest BCUT2D eigenvalue weighted by atomic mass is 16.5. The molecule has 0 radical (unpaired) electrons. The summed E-state index contributed by atoms with van der Waals surface area (Å²) in [5.41, 5.74) is 1.85. The second kappa shape index (κ2) is 7.88. The van der Waals surface area contributed by atoms with Gasteiger partial charge < -0.3 is 19.4 Å². The monoisotopic (exact) mass is 380 g/mol. The van der Waals surface area contributed by atoms with Crippen LogP contribution in [-0.2, 0) is 9.59 Å². The fraction of sp³-hybridized carbons (Fsp3) is 0.381. The largest absolute Gasteiger partial charge is 0.495 e. The van der Waals surface area contributed by atoms with E-state index in [1.54, 1.807) is 24.4 Å². The quantitative estimate of drug-likeness (QED) is 0.809. The van der Waals surface area contributed by atoms with E-state index in [-0.39, 0.29) is 24.2 Å². The topological polar surface area (TPSA) is 66.0 Å². The Morgan fingerprint density at radius 1 is 1.07 bits per heavy atom. The van der Waals surface area contributed by atoms with E-state index in [0.29, 0.717) is 25.4 Å². The molecule has 1 unspecified atom stereocenters. The Bertz CT molecular complexity index is 850. The van der Waals surface area contributed by atoms with Crippen molar-refractivity contribution in [2.24, 2.45) is 5.92 Å². The zero-order valence-corrected chi connectivity index (χ0v) is 16.0. The average Bonchev–Trinajstić information content (AvgIpc) is 3.15. The van der Waals surface area contributed by atoms with E-state index in [1.165, 1.54) is 0 Å². The number of piperazine rings is 1. The SMILES string of the molecule is COc1ccccc1N1CC(C(=O)N2CCN(c3ccncc3)CC2)CC1=O. The van der Waals surface area contributed by atoms with Crippen molar-refractivity contribution in [2.45, 2.75) is 6.42 Å². The van der Waals surface area contributed by atoms with E-state index in [9.17, 15) is 9.59 Å². The molecule has 0 aliphatic carbocycles. The van der Waals surface area contributed by atoms with Crippen LogP contribution in [0.4, 0.5) is 11.4 Å². The molecule has 0 saturated carbocycles. The third-order valence-electron chi connectivity index (χ3n) is 5.47. The van der Waals surface area contributed by atoms with E-state index >= 15 is 0 Å². The molecule has 2 aliphatic heterocycles. The number of aromatic nitrogens is 1. The Morgan fingerprint density at radius 2 is 1.79 bits per heavy atom. The first kappa shape index (κ1) is 18.3. The van der Waals surface area contributed by atoms with Crippen LogP contribution in [0.15, 0.2) is 48.8 Å². The molecular formula is C21H24N4O3. The third-order valence-corrected chi connectivity index (χ3v) is 5.47. The minimum Gasteiger partial charge on any atom is -0.495 e. The summed E-state index contributed by atoms with van der Waals surface area (Å²) in [6, 6.07) is 11.4. The Balaban J connectivity index is 1.39. The molecule has 2 amide bonds. The average molecular weight is 380 g/mol. The van der Waals surface area contributed by atoms with Gasteiger partial charge in [0, 0.05) is 57.2 Å². The lowest BCUT2D eigenvalue weighted by atomic mass is 10.1. The molecule has 4 rings (SSSR count). The summed E-state index contributed by atoms with van der Waals surface area (Å²) in [7, 11) is 1.59. The molecule has 2 fully saturated rings. The number of para-hydroxylation sites is 2. The summed E-state index contributed by atoms with van der Waals surface area (Å²) in [5, 5.41) is 0. The van der Waals surface area contributed by atoms with Gasteiger partial charge in [-0.2, -0.15) is 0 Å². The van der Waals surface area contributed by atoms with Gasteiger partial charge in [0.25, 0.3) is 0 Å². The smallest absolute Gasteiger partial charge is 0.228 e. The van der Waals surface area contributed by atoms with Crippen LogP contribution in [0, 0.1) is 5.92 Å². The molecule has 146 valence electrons. The first-order valence-corrected chi connectivity index (χ1v) is 9.54. The second-order valence-electron chi connectivity index (χ2n) is 7.09. The molecule has 1 atom stereocenters. The van der Waals surface area contributed by atoms with Crippen LogP contribution in [0.1, 0.15) is 6.42 Å². The molecule has 28 heavy (non-hydrogen) atoms. The van der Waals surface area contributed by atoms with Gasteiger partial charge in [-0.25, -0.2) is 0 Å². The van der Waals surface area contributed by atoms with Crippen molar-refractivity contribution in [1.82, 2.24) is 9.88 Å². The van der Waals surface area contributed by atoms with Crippen molar-refractivity contribution in [3.05, 3.63) is 48.8 Å². The predicted molar refractivity (Wildman–Crippen MR) is 106 cm³/mol. The van der Waals surface area contributed by atoms with Gasteiger partial charge in [0.15, 0.2) is 0 Å². The number of hydrogen-bond acceptors (Lipinski definition) is 5. The molecule has 3 heterocycles. The number of carbonyl (C=O) groups is 2. The summed E-state index contributed by atoms with van der Waals surface area (Å²) < 4.78 is 5.37. The van der Waals surface area contributed by atoms with Crippen LogP contribution >= 0.6 is 0 Å². The number of hydrogen-bond donors (Lipinski definition) is 0. The van der Waals surface area contributed by atoms with Crippen molar-refractivity contribution in [1.29, 1.82) is 0 Å². The van der Waals surface area contributed by atoms with Crippen molar-refractivity contribution >= 4 is 23.2 Å². The number of amides is 2. The van der Waals surface area contributed by atoms with Crippen LogP contribution in [-0.4, -0.2) is 61.5 Å². The maximum Gasteiger partial charge on any atom is 0.228 e. The van der Waals surface area contributed by atoms with Gasteiger partial charge in [-0.15, -0.1) is 0 Å². The summed E-state index contributed by atoms with van der Waals surface area (Å²) in [5.74, 6) is 0.387. The number of methoxy groups -OCH3 is 1. The Labute approximate surface area is 164 Å². The maximum atomic E-state index is 13.0. The number of rotatable bonds is 4. The van der Waals surface area contributed by atoms with Crippen LogP contribution in [0.25, 0.3) is 0 Å². The molecule has 1 aromatic heterocycles. The molecule has 2 saturated heterocycles. The molecule has 2 aromatic rings. The lowest BCUT2D eigenvalue weighted by molar-refractivity contribution is -0.136. The Kier molecular flexibility index (Phi) is 5.14. The fourth-order valence-corrected chi connectivity index (χ4v) is 3.96. The zero-order valence-electron chi connectivity index (χ0n) is 16.0. The van der Waals surface area contributed by atoms with Crippen LogP contribution in [0.2, 0.25) is 0 Å². The highest BCUT2D eigenvalue weighted by molar-refractivity contribution is 6.01. The van der Waals surface area contributed by atoms with Crippen molar-refractivity contribution in [2.75, 3.05) is 49.6 Å². The molecule has 2 aliphatic rings. The first-order chi connectivity index (χ1) is 13.7. The molecule has 7 heteroatoms. The van der Waals surface area contributed by atoms with E-state index < -0.39 is 0 Å². The summed E-state index contributed by atoms with van der Waals surface area (Å²) in [6.07, 6.45) is 3.81. The van der Waals surface area contributed by atoms with Gasteiger partial charge in [-0.1, -0.05) is 12.1 Å². The van der Waals surface area contributed by atoms with Crippen LogP contribution < -0.4 is 14.5 Å².